The lowest BCUT2D eigenvalue weighted by atomic mass is 10.3. The molecule has 0 aromatic carbocycles. The van der Waals surface area contributed by atoms with Crippen LogP contribution in [0.1, 0.15) is 23.2 Å². The molecule has 0 aliphatic carbocycles. The van der Waals surface area contributed by atoms with E-state index in [1.54, 1.807) is 11.3 Å². The van der Waals surface area contributed by atoms with Crippen LogP contribution in [0.5, 0.6) is 0 Å². The highest BCUT2D eigenvalue weighted by atomic mass is 32.1. The Morgan fingerprint density at radius 3 is 2.69 bits per heavy atom. The quantitative estimate of drug-likeness (QED) is 0.886. The first-order valence-corrected chi connectivity index (χ1v) is 6.19. The summed E-state index contributed by atoms with van der Waals surface area (Å²) in [6.45, 7) is 4.65. The smallest absolute Gasteiger partial charge is 0.142 e. The summed E-state index contributed by atoms with van der Waals surface area (Å²) in [5, 5.41) is 0.973. The Morgan fingerprint density at radius 1 is 1.31 bits per heavy atom. The first kappa shape index (κ1) is 11.2. The van der Waals surface area contributed by atoms with Gasteiger partial charge in [0.25, 0.3) is 0 Å². The highest BCUT2D eigenvalue weighted by molar-refractivity contribution is 7.15. The van der Waals surface area contributed by atoms with Crippen LogP contribution in [0, 0.1) is 6.92 Å². The zero-order valence-corrected chi connectivity index (χ0v) is 10.3. The molecule has 0 unspecified atom stereocenters. The van der Waals surface area contributed by atoms with Gasteiger partial charge in [-0.25, -0.2) is 4.98 Å². The monoisotopic (exact) mass is 233 g/mol. The average molecular weight is 233 g/mol. The van der Waals surface area contributed by atoms with Crippen molar-refractivity contribution in [3.8, 4) is 10.7 Å². The van der Waals surface area contributed by atoms with Crippen LogP contribution in [0.15, 0.2) is 18.2 Å². The van der Waals surface area contributed by atoms with Crippen molar-refractivity contribution in [2.45, 2.75) is 26.8 Å². The van der Waals surface area contributed by atoms with Gasteiger partial charge in [-0.2, -0.15) is 0 Å². The van der Waals surface area contributed by atoms with E-state index in [4.69, 9.17) is 5.73 Å². The number of thiazole rings is 1. The summed E-state index contributed by atoms with van der Waals surface area (Å²) in [6.07, 6.45) is 0.925. The molecule has 0 atom stereocenters. The maximum atomic E-state index is 5.70. The molecule has 84 valence electrons. The van der Waals surface area contributed by atoms with Gasteiger partial charge < -0.3 is 5.73 Å². The van der Waals surface area contributed by atoms with Gasteiger partial charge in [0, 0.05) is 17.1 Å². The molecule has 4 heteroatoms. The van der Waals surface area contributed by atoms with E-state index in [2.05, 4.69) is 16.9 Å². The van der Waals surface area contributed by atoms with E-state index in [9.17, 15) is 0 Å². The number of pyridine rings is 1. The van der Waals surface area contributed by atoms with Gasteiger partial charge >= 0.3 is 0 Å². The van der Waals surface area contributed by atoms with Crippen molar-refractivity contribution in [1.29, 1.82) is 0 Å². The number of aromatic nitrogens is 2. The molecule has 2 rings (SSSR count). The van der Waals surface area contributed by atoms with Crippen LogP contribution < -0.4 is 5.73 Å². The third-order valence-corrected chi connectivity index (χ3v) is 3.55. The van der Waals surface area contributed by atoms with Gasteiger partial charge in [0.1, 0.15) is 5.01 Å². The molecule has 2 heterocycles. The Bertz CT molecular complexity index is 469. The van der Waals surface area contributed by atoms with E-state index in [1.165, 1.54) is 4.88 Å². The second kappa shape index (κ2) is 4.72. The highest BCUT2D eigenvalue weighted by Crippen LogP contribution is 2.26. The molecular formula is C12H15N3S. The number of aryl methyl sites for hydroxylation is 2. The number of nitrogens with two attached hydrogens (primary N) is 1. The highest BCUT2D eigenvalue weighted by Gasteiger charge is 2.10. The average Bonchev–Trinajstić information content (AvgIpc) is 2.72. The molecule has 2 N–H and O–H groups in total. The maximum Gasteiger partial charge on any atom is 0.142 e. The Morgan fingerprint density at radius 2 is 2.12 bits per heavy atom. The van der Waals surface area contributed by atoms with E-state index >= 15 is 0 Å². The van der Waals surface area contributed by atoms with Crippen molar-refractivity contribution < 1.29 is 0 Å². The number of hydrogen-bond donors (Lipinski definition) is 1. The van der Waals surface area contributed by atoms with Gasteiger partial charge in [-0.3, -0.25) is 4.98 Å². The fourth-order valence-corrected chi connectivity index (χ4v) is 2.59. The molecule has 0 radical (unpaired) electrons. The fraction of sp³-hybridized carbons (Fsp3) is 0.333. The molecule has 0 bridgehead atoms. The lowest BCUT2D eigenvalue weighted by molar-refractivity contribution is 0.988. The lowest BCUT2D eigenvalue weighted by Gasteiger charge is -1.96. The topological polar surface area (TPSA) is 51.8 Å². The first-order chi connectivity index (χ1) is 7.74. The molecular weight excluding hydrogens is 218 g/mol. The Hall–Kier alpha value is -1.26. The lowest BCUT2D eigenvalue weighted by Crippen LogP contribution is -1.96. The molecule has 0 saturated carbocycles. The van der Waals surface area contributed by atoms with Crippen LogP contribution in [0.25, 0.3) is 10.7 Å². The Balaban J connectivity index is 2.44. The number of rotatable bonds is 3. The van der Waals surface area contributed by atoms with Crippen molar-refractivity contribution in [3.05, 3.63) is 34.5 Å². The third kappa shape index (κ3) is 2.13. The van der Waals surface area contributed by atoms with Gasteiger partial charge in [-0.1, -0.05) is 13.0 Å². The van der Waals surface area contributed by atoms with Crippen LogP contribution in [-0.2, 0) is 13.0 Å². The van der Waals surface area contributed by atoms with Crippen molar-refractivity contribution in [1.82, 2.24) is 9.97 Å². The standard InChI is InChI=1S/C12H15N3S/c1-3-9-11(7-13)16-12(15-9)10-6-4-5-8(2)14-10/h4-6H,3,7,13H2,1-2H3. The summed E-state index contributed by atoms with van der Waals surface area (Å²) in [5.74, 6) is 0. The Kier molecular flexibility index (Phi) is 3.31. The van der Waals surface area contributed by atoms with Crippen LogP contribution >= 0.6 is 11.3 Å². The minimum absolute atomic E-state index is 0.562. The number of nitrogens with zero attached hydrogens (tertiary/aromatic N) is 2. The second-order valence-corrected chi connectivity index (χ2v) is 4.69. The summed E-state index contributed by atoms with van der Waals surface area (Å²) in [6, 6.07) is 5.99. The first-order valence-electron chi connectivity index (χ1n) is 5.37. The molecule has 0 aliphatic rings. The van der Waals surface area contributed by atoms with Gasteiger partial charge in [0.2, 0.25) is 0 Å². The molecule has 16 heavy (non-hydrogen) atoms. The molecule has 3 nitrogen and oxygen atoms in total. The maximum absolute atomic E-state index is 5.70. The number of hydrogen-bond acceptors (Lipinski definition) is 4. The summed E-state index contributed by atoms with van der Waals surface area (Å²) in [7, 11) is 0. The summed E-state index contributed by atoms with van der Waals surface area (Å²) >= 11 is 1.65. The molecule has 2 aromatic rings. The SMILES string of the molecule is CCc1nc(-c2cccc(C)n2)sc1CN. The van der Waals surface area contributed by atoms with E-state index < -0.39 is 0 Å². The normalized spacial score (nSPS) is 10.7. The van der Waals surface area contributed by atoms with E-state index in [-0.39, 0.29) is 0 Å². The van der Waals surface area contributed by atoms with Crippen molar-refractivity contribution >= 4 is 11.3 Å². The third-order valence-electron chi connectivity index (χ3n) is 2.41. The summed E-state index contributed by atoms with van der Waals surface area (Å²) in [4.78, 5) is 10.2. The minimum Gasteiger partial charge on any atom is -0.326 e. The van der Waals surface area contributed by atoms with Crippen LogP contribution in [0.2, 0.25) is 0 Å². The molecule has 0 amide bonds. The van der Waals surface area contributed by atoms with Crippen molar-refractivity contribution in [3.63, 3.8) is 0 Å². The Labute approximate surface area is 99.4 Å². The van der Waals surface area contributed by atoms with Crippen LogP contribution in [-0.4, -0.2) is 9.97 Å². The van der Waals surface area contributed by atoms with E-state index in [0.29, 0.717) is 6.54 Å². The zero-order chi connectivity index (χ0) is 11.5. The second-order valence-electron chi connectivity index (χ2n) is 3.61. The molecule has 2 aromatic heterocycles. The largest absolute Gasteiger partial charge is 0.326 e. The molecule has 0 fully saturated rings. The summed E-state index contributed by atoms with van der Waals surface area (Å²) < 4.78 is 0. The van der Waals surface area contributed by atoms with E-state index in [0.717, 1.165) is 28.5 Å². The predicted octanol–water partition coefficient (Wildman–Crippen LogP) is 2.53. The molecule has 0 spiro atoms. The van der Waals surface area contributed by atoms with Gasteiger partial charge in [-0.15, -0.1) is 11.3 Å². The van der Waals surface area contributed by atoms with Gasteiger partial charge in [0.05, 0.1) is 11.4 Å². The molecule has 0 saturated heterocycles. The predicted molar refractivity (Wildman–Crippen MR) is 67.4 cm³/mol. The fourth-order valence-electron chi connectivity index (χ4n) is 1.59. The zero-order valence-electron chi connectivity index (χ0n) is 9.53. The minimum atomic E-state index is 0.562. The van der Waals surface area contributed by atoms with Gasteiger partial charge in [0.15, 0.2) is 0 Å². The van der Waals surface area contributed by atoms with E-state index in [1.807, 2.05) is 25.1 Å². The van der Waals surface area contributed by atoms with Crippen LogP contribution in [0.4, 0.5) is 0 Å². The van der Waals surface area contributed by atoms with Crippen LogP contribution in [0.3, 0.4) is 0 Å². The van der Waals surface area contributed by atoms with Crippen molar-refractivity contribution in [2.75, 3.05) is 0 Å². The van der Waals surface area contributed by atoms with Crippen molar-refractivity contribution in [2.24, 2.45) is 5.73 Å². The summed E-state index contributed by atoms with van der Waals surface area (Å²) in [5.41, 5.74) is 8.76. The molecule has 0 aliphatic heterocycles. The van der Waals surface area contributed by atoms with Gasteiger partial charge in [-0.05, 0) is 25.5 Å².